The van der Waals surface area contributed by atoms with Gasteiger partial charge in [-0.2, -0.15) is 0 Å². The van der Waals surface area contributed by atoms with Crippen molar-refractivity contribution in [2.45, 2.75) is 23.6 Å². The van der Waals surface area contributed by atoms with E-state index in [0.29, 0.717) is 5.75 Å². The lowest BCUT2D eigenvalue weighted by Gasteiger charge is -2.03. The van der Waals surface area contributed by atoms with Crippen LogP contribution < -0.4 is 4.74 Å². The molecule has 1 unspecified atom stereocenters. The normalized spacial score (nSPS) is 22.2. The molecule has 4 heteroatoms. The van der Waals surface area contributed by atoms with Gasteiger partial charge in [-0.3, -0.25) is 4.79 Å². The predicted molar refractivity (Wildman–Crippen MR) is 59.5 cm³/mol. The molecule has 15 heavy (non-hydrogen) atoms. The zero-order chi connectivity index (χ0) is 11.1. The standard InChI is InChI=1S/C11H10Cl2O2/c1-7(14)15-9-4-2-8(3-5-9)10-6-11(10,12)13/h2-5,10H,6H2,1H3. The lowest BCUT2D eigenvalue weighted by Crippen LogP contribution is -2.01. The molecule has 0 heterocycles. The Morgan fingerprint density at radius 3 is 2.33 bits per heavy atom. The summed E-state index contributed by atoms with van der Waals surface area (Å²) in [5.74, 6) is 0.423. The summed E-state index contributed by atoms with van der Waals surface area (Å²) in [6.45, 7) is 1.37. The van der Waals surface area contributed by atoms with Crippen molar-refractivity contribution in [1.82, 2.24) is 0 Å². The van der Waals surface area contributed by atoms with E-state index < -0.39 is 4.33 Å². The zero-order valence-electron chi connectivity index (χ0n) is 8.17. The van der Waals surface area contributed by atoms with E-state index in [2.05, 4.69) is 0 Å². The number of carbonyl (C=O) groups excluding carboxylic acids is 1. The Morgan fingerprint density at radius 2 is 1.93 bits per heavy atom. The average molecular weight is 245 g/mol. The van der Waals surface area contributed by atoms with Crippen LogP contribution >= 0.6 is 23.2 Å². The Hall–Kier alpha value is -0.730. The molecule has 80 valence electrons. The Kier molecular flexibility index (Phi) is 2.65. The van der Waals surface area contributed by atoms with Gasteiger partial charge in [0.05, 0.1) is 0 Å². The quantitative estimate of drug-likeness (QED) is 0.454. The van der Waals surface area contributed by atoms with Gasteiger partial charge < -0.3 is 4.74 Å². The molecule has 0 spiro atoms. The highest BCUT2D eigenvalue weighted by molar-refractivity contribution is 6.51. The Bertz CT molecular complexity index is 384. The summed E-state index contributed by atoms with van der Waals surface area (Å²) in [6, 6.07) is 7.27. The first-order chi connectivity index (χ1) is 6.99. The van der Waals surface area contributed by atoms with Crippen LogP contribution in [-0.2, 0) is 4.79 Å². The van der Waals surface area contributed by atoms with Crippen LogP contribution in [0.25, 0.3) is 0 Å². The van der Waals surface area contributed by atoms with Crippen molar-refractivity contribution in [1.29, 1.82) is 0 Å². The van der Waals surface area contributed by atoms with Crippen LogP contribution in [0.5, 0.6) is 5.75 Å². The molecule has 1 fully saturated rings. The van der Waals surface area contributed by atoms with Gasteiger partial charge in [0, 0.05) is 12.8 Å². The summed E-state index contributed by atoms with van der Waals surface area (Å²) >= 11 is 11.9. The summed E-state index contributed by atoms with van der Waals surface area (Å²) in [7, 11) is 0. The molecule has 0 aliphatic heterocycles. The van der Waals surface area contributed by atoms with E-state index in [4.69, 9.17) is 27.9 Å². The van der Waals surface area contributed by atoms with Crippen LogP contribution in [0.2, 0.25) is 0 Å². The van der Waals surface area contributed by atoms with Crippen molar-refractivity contribution in [3.63, 3.8) is 0 Å². The summed E-state index contributed by atoms with van der Waals surface area (Å²) in [5.41, 5.74) is 1.08. The highest BCUT2D eigenvalue weighted by Gasteiger charge is 2.52. The molecule has 1 aromatic carbocycles. The molecule has 2 nitrogen and oxygen atoms in total. The Balaban J connectivity index is 2.08. The van der Waals surface area contributed by atoms with Crippen LogP contribution in [0, 0.1) is 0 Å². The summed E-state index contributed by atoms with van der Waals surface area (Å²) in [4.78, 5) is 10.7. The lowest BCUT2D eigenvalue weighted by atomic mass is 10.1. The minimum absolute atomic E-state index is 0.201. The fourth-order valence-corrected chi connectivity index (χ4v) is 2.07. The number of esters is 1. The number of hydrogen-bond acceptors (Lipinski definition) is 2. The number of halogens is 2. The summed E-state index contributed by atoms with van der Waals surface area (Å²) in [6.07, 6.45) is 0.781. The number of ether oxygens (including phenoxy) is 1. The van der Waals surface area contributed by atoms with Crippen molar-refractivity contribution in [2.75, 3.05) is 0 Å². The van der Waals surface area contributed by atoms with Crippen molar-refractivity contribution >= 4 is 29.2 Å². The van der Waals surface area contributed by atoms with E-state index in [1.54, 1.807) is 12.1 Å². The molecule has 1 atom stereocenters. The average Bonchev–Trinajstić information content (AvgIpc) is 2.75. The topological polar surface area (TPSA) is 26.3 Å². The van der Waals surface area contributed by atoms with E-state index in [0.717, 1.165) is 12.0 Å². The first kappa shape index (κ1) is 10.8. The molecular formula is C11H10Cl2O2. The fourth-order valence-electron chi connectivity index (χ4n) is 1.51. The molecule has 1 aliphatic rings. The molecule has 1 aliphatic carbocycles. The summed E-state index contributed by atoms with van der Waals surface area (Å²) < 4.78 is 4.31. The summed E-state index contributed by atoms with van der Waals surface area (Å²) in [5, 5.41) is 0. The lowest BCUT2D eigenvalue weighted by molar-refractivity contribution is -0.131. The van der Waals surface area contributed by atoms with Crippen LogP contribution in [0.15, 0.2) is 24.3 Å². The van der Waals surface area contributed by atoms with Crippen molar-refractivity contribution in [3.8, 4) is 5.75 Å². The maximum atomic E-state index is 10.7. The van der Waals surface area contributed by atoms with E-state index in [9.17, 15) is 4.79 Å². The van der Waals surface area contributed by atoms with Gasteiger partial charge in [0.25, 0.3) is 0 Å². The zero-order valence-corrected chi connectivity index (χ0v) is 9.68. The molecule has 0 N–H and O–H groups in total. The van der Waals surface area contributed by atoms with Gasteiger partial charge in [-0.05, 0) is 24.1 Å². The monoisotopic (exact) mass is 244 g/mol. The molecule has 2 rings (SSSR count). The van der Waals surface area contributed by atoms with Gasteiger partial charge in [-0.1, -0.05) is 12.1 Å². The van der Waals surface area contributed by atoms with Crippen LogP contribution in [0.1, 0.15) is 24.8 Å². The van der Waals surface area contributed by atoms with Crippen LogP contribution in [-0.4, -0.2) is 10.3 Å². The van der Waals surface area contributed by atoms with Gasteiger partial charge in [-0.25, -0.2) is 0 Å². The third-order valence-electron chi connectivity index (χ3n) is 2.37. The highest BCUT2D eigenvalue weighted by atomic mass is 35.5. The molecule has 1 saturated carbocycles. The molecule has 0 bridgehead atoms. The maximum absolute atomic E-state index is 10.7. The van der Waals surface area contributed by atoms with Gasteiger partial charge in [0.15, 0.2) is 0 Å². The second-order valence-corrected chi connectivity index (χ2v) is 5.22. The van der Waals surface area contributed by atoms with E-state index >= 15 is 0 Å². The molecule has 1 aromatic rings. The molecule has 0 amide bonds. The van der Waals surface area contributed by atoms with Crippen LogP contribution in [0.3, 0.4) is 0 Å². The number of carbonyl (C=O) groups is 1. The van der Waals surface area contributed by atoms with Crippen molar-refractivity contribution < 1.29 is 9.53 Å². The third kappa shape index (κ3) is 2.44. The van der Waals surface area contributed by atoms with Crippen LogP contribution in [0.4, 0.5) is 0 Å². The number of hydrogen-bond donors (Lipinski definition) is 0. The van der Waals surface area contributed by atoms with Gasteiger partial charge in [0.1, 0.15) is 10.1 Å². The fraction of sp³-hybridized carbons (Fsp3) is 0.364. The maximum Gasteiger partial charge on any atom is 0.308 e. The smallest absolute Gasteiger partial charge is 0.308 e. The largest absolute Gasteiger partial charge is 0.427 e. The predicted octanol–water partition coefficient (Wildman–Crippen LogP) is 3.27. The molecule has 0 aromatic heterocycles. The van der Waals surface area contributed by atoms with Gasteiger partial charge >= 0.3 is 5.97 Å². The van der Waals surface area contributed by atoms with E-state index in [1.165, 1.54) is 6.92 Å². The minimum atomic E-state index is -0.608. The first-order valence-corrected chi connectivity index (χ1v) is 5.41. The molecular weight excluding hydrogens is 235 g/mol. The number of rotatable bonds is 2. The SMILES string of the molecule is CC(=O)Oc1ccc(C2CC2(Cl)Cl)cc1. The minimum Gasteiger partial charge on any atom is -0.427 e. The molecule has 0 saturated heterocycles. The second-order valence-electron chi connectivity index (χ2n) is 3.68. The van der Waals surface area contributed by atoms with E-state index in [1.807, 2.05) is 12.1 Å². The third-order valence-corrected chi connectivity index (χ3v) is 3.21. The number of benzene rings is 1. The number of alkyl halides is 2. The highest BCUT2D eigenvalue weighted by Crippen LogP contribution is 2.59. The van der Waals surface area contributed by atoms with E-state index in [-0.39, 0.29) is 11.9 Å². The van der Waals surface area contributed by atoms with Crippen molar-refractivity contribution in [3.05, 3.63) is 29.8 Å². The second kappa shape index (κ2) is 3.69. The van der Waals surface area contributed by atoms with Gasteiger partial charge in [-0.15, -0.1) is 23.2 Å². The Morgan fingerprint density at radius 1 is 1.40 bits per heavy atom. The molecule has 0 radical (unpaired) electrons. The first-order valence-electron chi connectivity index (χ1n) is 4.65. The van der Waals surface area contributed by atoms with Gasteiger partial charge in [0.2, 0.25) is 0 Å². The Labute approximate surface area is 98.1 Å². The van der Waals surface area contributed by atoms with Crippen molar-refractivity contribution in [2.24, 2.45) is 0 Å².